The Morgan fingerprint density at radius 1 is 0.204 bits per heavy atom. The quantitative estimate of drug-likeness (QED) is 0.0538. The van der Waals surface area contributed by atoms with Crippen LogP contribution in [0.5, 0.6) is 0 Å². The molecule has 0 radical (unpaired) electrons. The number of unbranched alkanes of at least 4 members (excludes halogenated alkanes) is 13. The van der Waals surface area contributed by atoms with Gasteiger partial charge in [-0.1, -0.05) is 187 Å². The molecule has 0 aromatic carbocycles. The van der Waals surface area contributed by atoms with Gasteiger partial charge in [0.1, 0.15) is 97.7 Å². The summed E-state index contributed by atoms with van der Waals surface area (Å²) < 4.78 is 154. The van der Waals surface area contributed by atoms with Gasteiger partial charge in [0.2, 0.25) is 0 Å². The lowest BCUT2D eigenvalue weighted by Gasteiger charge is -2.52. The molecule has 5 saturated heterocycles. The van der Waals surface area contributed by atoms with Crippen LogP contribution in [0, 0.1) is 11.8 Å². The van der Waals surface area contributed by atoms with Crippen molar-refractivity contribution in [1.29, 1.82) is 0 Å². The van der Waals surface area contributed by atoms with Crippen LogP contribution in [0.25, 0.3) is 0 Å². The van der Waals surface area contributed by atoms with Crippen LogP contribution in [0.4, 0.5) is 0 Å². The largest absolute Gasteiger partial charge is 0.387 e. The first-order valence-corrected chi connectivity index (χ1v) is 43.9. The molecule has 0 spiro atoms. The van der Waals surface area contributed by atoms with E-state index in [1.807, 2.05) is 0 Å². The van der Waals surface area contributed by atoms with Crippen LogP contribution in [0.3, 0.4) is 0 Å². The molecule has 0 amide bonds. The van der Waals surface area contributed by atoms with Crippen LogP contribution in [-0.4, -0.2) is 270 Å². The monoisotopic (exact) mass is 1550 g/mol. The van der Waals surface area contributed by atoms with Crippen molar-refractivity contribution in [2.75, 3.05) is 119 Å². The molecule has 5 fully saturated rings. The van der Waals surface area contributed by atoms with Gasteiger partial charge in [0.05, 0.1) is 45.2 Å². The average Bonchev–Trinajstić information content (AvgIpc) is 0.757. The minimum absolute atomic E-state index is 0.135. The number of hydrogen-bond donors (Lipinski definition) is 2. The Morgan fingerprint density at radius 3 is 0.898 bits per heavy atom. The fraction of sp³-hybridized carbons (Fsp3) is 1.00. The van der Waals surface area contributed by atoms with E-state index in [2.05, 4.69) is 104 Å². The van der Waals surface area contributed by atoms with E-state index in [0.717, 1.165) is 161 Å². The maximum Gasteiger partial charge on any atom is 0.187 e. The van der Waals surface area contributed by atoms with Crippen molar-refractivity contribution >= 4 is 0 Å². The Labute approximate surface area is 654 Å². The molecule has 25 atom stereocenters. The van der Waals surface area contributed by atoms with Crippen molar-refractivity contribution in [3.8, 4) is 0 Å². The van der Waals surface area contributed by atoms with Crippen molar-refractivity contribution in [3.05, 3.63) is 0 Å². The lowest BCUT2D eigenvalue weighted by molar-refractivity contribution is -0.403. The average molecular weight is 1550 g/mol. The first kappa shape index (κ1) is 97.6. The van der Waals surface area contributed by atoms with Crippen molar-refractivity contribution in [2.24, 2.45) is 11.8 Å². The summed E-state index contributed by atoms with van der Waals surface area (Å²) in [6.07, 6.45) is 0.835. The van der Waals surface area contributed by atoms with E-state index in [-0.39, 0.29) is 45.6 Å². The predicted octanol–water partition coefficient (Wildman–Crippen LogP) is 14.3. The highest BCUT2D eigenvalue weighted by atomic mass is 16.8. The molecule has 5 aliphatic rings. The lowest BCUT2D eigenvalue weighted by Crippen LogP contribution is -2.68. The second kappa shape index (κ2) is 59.7. The Morgan fingerprint density at radius 2 is 0.472 bits per heavy atom. The maximum absolute atomic E-state index is 13.8. The summed E-state index contributed by atoms with van der Waals surface area (Å²) in [6, 6.07) is 0. The van der Waals surface area contributed by atoms with E-state index < -0.39 is 147 Å². The zero-order valence-electron chi connectivity index (χ0n) is 70.4. The first-order chi connectivity index (χ1) is 52.8. The molecule has 108 heavy (non-hydrogen) atoms. The molecule has 24 heteroatoms. The molecule has 640 valence electrons. The Balaban J connectivity index is 1.79. The third-order valence-corrected chi connectivity index (χ3v) is 21.0. The van der Waals surface area contributed by atoms with E-state index in [1.54, 1.807) is 0 Å². The van der Waals surface area contributed by atoms with E-state index in [9.17, 15) is 10.2 Å². The summed E-state index contributed by atoms with van der Waals surface area (Å²) >= 11 is 0. The molecule has 24 nitrogen and oxygen atoms in total. The number of aliphatic hydroxyl groups excluding tert-OH is 2. The highest BCUT2D eigenvalue weighted by molar-refractivity contribution is 5.01. The highest BCUT2D eigenvalue weighted by Crippen LogP contribution is 2.42. The van der Waals surface area contributed by atoms with Crippen molar-refractivity contribution in [3.63, 3.8) is 0 Å². The SMILES string of the molecule is CCCCOCC1O[C@H](OCC2O[C@@H](O[C@@H]3C(COCCCC)O[C@@H](OCCCC)[C@@H](C)C3OCCCC)[C@H](OCCCC)C(O[C@@H]3OC(COCCCC)[C@H](OCCCC)C(OCCCC)[C@@H]3O[C@@H]3OC(COCCCC)[C@@H](OCCCC)C(OCCCC)[C@@H]3C)[C@@H]2O)[C@H](O)C(OCCCC)[C@@H]1OCCCC. The van der Waals surface area contributed by atoms with Gasteiger partial charge in [0.25, 0.3) is 0 Å². The van der Waals surface area contributed by atoms with Gasteiger partial charge in [-0.05, 0) is 83.5 Å². The first-order valence-electron chi connectivity index (χ1n) is 43.9. The second-order valence-corrected chi connectivity index (χ2v) is 30.5. The second-order valence-electron chi connectivity index (χ2n) is 30.5. The van der Waals surface area contributed by atoms with Crippen molar-refractivity contribution < 1.29 is 114 Å². The molecule has 0 bridgehead atoms. The Kier molecular flexibility index (Phi) is 53.9. The minimum Gasteiger partial charge on any atom is -0.387 e. The number of aliphatic hydroxyl groups is 2. The fourth-order valence-electron chi connectivity index (χ4n) is 13.9. The molecule has 2 N–H and O–H groups in total. The molecule has 10 unspecified atom stereocenters. The molecule has 5 rings (SSSR count). The molecule has 0 aromatic heterocycles. The number of ether oxygens (including phenoxy) is 22. The predicted molar refractivity (Wildman–Crippen MR) is 415 cm³/mol. The third-order valence-electron chi connectivity index (χ3n) is 21.0. The smallest absolute Gasteiger partial charge is 0.187 e. The van der Waals surface area contributed by atoms with Gasteiger partial charge in [-0.25, -0.2) is 0 Å². The van der Waals surface area contributed by atoms with Crippen LogP contribution < -0.4 is 0 Å². The summed E-state index contributed by atoms with van der Waals surface area (Å²) in [7, 11) is 0. The Hall–Kier alpha value is -0.960. The zero-order chi connectivity index (χ0) is 78.1. The molecule has 5 heterocycles. The molecule has 0 aromatic rings. The van der Waals surface area contributed by atoms with Crippen LogP contribution >= 0.6 is 0 Å². The molecule has 5 aliphatic heterocycles. The van der Waals surface area contributed by atoms with Crippen molar-refractivity contribution in [2.45, 2.75) is 412 Å². The summed E-state index contributed by atoms with van der Waals surface area (Å²) in [6.45, 7) is 38.1. The summed E-state index contributed by atoms with van der Waals surface area (Å²) in [4.78, 5) is 0. The maximum atomic E-state index is 13.8. The molecule has 0 saturated carbocycles. The zero-order valence-corrected chi connectivity index (χ0v) is 70.4. The normalized spacial score (nSPS) is 33.4. The minimum atomic E-state index is -1.55. The van der Waals surface area contributed by atoms with Crippen LogP contribution in [-0.2, 0) is 104 Å². The van der Waals surface area contributed by atoms with E-state index in [1.165, 1.54) is 0 Å². The van der Waals surface area contributed by atoms with Crippen molar-refractivity contribution in [1.82, 2.24) is 0 Å². The van der Waals surface area contributed by atoms with Gasteiger partial charge in [0, 0.05) is 97.7 Å². The van der Waals surface area contributed by atoms with Crippen LogP contribution in [0.2, 0.25) is 0 Å². The van der Waals surface area contributed by atoms with Crippen LogP contribution in [0.1, 0.15) is 271 Å². The van der Waals surface area contributed by atoms with E-state index in [0.29, 0.717) is 85.7 Å². The summed E-state index contributed by atoms with van der Waals surface area (Å²) in [5, 5.41) is 26.4. The third kappa shape index (κ3) is 33.2. The van der Waals surface area contributed by atoms with Crippen LogP contribution in [0.15, 0.2) is 0 Å². The molecular weight excluding hydrogens is 1390 g/mol. The van der Waals surface area contributed by atoms with Gasteiger partial charge in [-0.2, -0.15) is 0 Å². The Bertz CT molecular complexity index is 2100. The number of rotatable bonds is 65. The van der Waals surface area contributed by atoms with Gasteiger partial charge in [-0.3, -0.25) is 0 Å². The topological polar surface area (TPSA) is 244 Å². The standard InChI is InChI=1S/C84H160O24/c1-16-29-42-87-55-63-71(93-48-35-22-7)69(91-46-33-20-5)61(15)81(103-63)108-79-77(97-52-39-26-11)73(95-50-37-24-9)65(57-89-44-31-18-3)105-84(79)107-76-67(85)62(59-100-82-68(86)75(96-51-38-25-10)72(94-49-36-23-8)64(104-82)56-88-43-30-17-2)101-83(78(76)98-53-40-27-12)106-74-66(58-90-45-32-19-4)102-80(99-54-41-28-13)60(14)70(74)92-47-34-21-6/h60-86H,16-59H2,1-15H3/t60-,61-,62?,63?,64?,65?,66?,67+,68+,69?,70?,71+,72+,73-,74+,75?,76?,77?,78+,79-,80+,81-,82-,83-,84-/m0/s1. The molecular formula is C84H160O24. The lowest BCUT2D eigenvalue weighted by atomic mass is 9.91. The van der Waals surface area contributed by atoms with Gasteiger partial charge < -0.3 is 114 Å². The van der Waals surface area contributed by atoms with Gasteiger partial charge in [-0.15, -0.1) is 0 Å². The van der Waals surface area contributed by atoms with Gasteiger partial charge in [0.15, 0.2) is 31.5 Å². The highest BCUT2D eigenvalue weighted by Gasteiger charge is 2.59. The number of hydrogen-bond acceptors (Lipinski definition) is 24. The van der Waals surface area contributed by atoms with E-state index in [4.69, 9.17) is 104 Å². The fourth-order valence-corrected chi connectivity index (χ4v) is 13.9. The summed E-state index contributed by atoms with van der Waals surface area (Å²) in [5.41, 5.74) is 0. The van der Waals surface area contributed by atoms with E-state index >= 15 is 0 Å². The summed E-state index contributed by atoms with van der Waals surface area (Å²) in [5.74, 6) is -0.742. The van der Waals surface area contributed by atoms with Gasteiger partial charge >= 0.3 is 0 Å². The molecule has 0 aliphatic carbocycles.